The first kappa shape index (κ1) is 10.9. The molecule has 2 rings (SSSR count). The van der Waals surface area contributed by atoms with Gasteiger partial charge in [-0.05, 0) is 0 Å². The van der Waals surface area contributed by atoms with Gasteiger partial charge in [-0.2, -0.15) is 0 Å². The second-order valence-corrected chi connectivity index (χ2v) is 5.15. The van der Waals surface area contributed by atoms with Crippen LogP contribution < -0.4 is 9.04 Å². The molecule has 0 aliphatic carbocycles. The van der Waals surface area contributed by atoms with E-state index in [1.165, 1.54) is 0 Å². The molecule has 0 radical (unpaired) electrons. The normalized spacial score (nSPS) is 10.1. The van der Waals surface area contributed by atoms with Gasteiger partial charge in [-0.1, -0.05) is 0 Å². The van der Waals surface area contributed by atoms with E-state index in [9.17, 15) is 9.90 Å². The standard InChI is InChI=1S/C11H9NO3Se/c1-15-8-4-2-7(3-5-8)11-12-9(13)6-10(14)16-11/h2-6,13H,1H3. The predicted octanol–water partition coefficient (Wildman–Crippen LogP) is 0.880. The van der Waals surface area contributed by atoms with Crippen molar-refractivity contribution < 1.29 is 9.84 Å². The van der Waals surface area contributed by atoms with Gasteiger partial charge in [-0.15, -0.1) is 0 Å². The molecule has 5 heteroatoms. The molecule has 0 spiro atoms. The summed E-state index contributed by atoms with van der Waals surface area (Å²) in [5.74, 6) is 0.530. The van der Waals surface area contributed by atoms with Gasteiger partial charge in [0, 0.05) is 0 Å². The van der Waals surface area contributed by atoms with Crippen molar-refractivity contribution in [1.82, 2.24) is 4.98 Å². The van der Waals surface area contributed by atoms with Gasteiger partial charge in [-0.3, -0.25) is 0 Å². The van der Waals surface area contributed by atoms with E-state index in [1.807, 2.05) is 12.1 Å². The van der Waals surface area contributed by atoms with Crippen LogP contribution in [0.15, 0.2) is 35.1 Å². The van der Waals surface area contributed by atoms with Gasteiger partial charge < -0.3 is 0 Å². The molecule has 0 bridgehead atoms. The summed E-state index contributed by atoms with van der Waals surface area (Å²) in [6, 6.07) is 8.41. The number of hydrogen-bond acceptors (Lipinski definition) is 4. The Kier molecular flexibility index (Phi) is 3.08. The molecule has 4 nitrogen and oxygen atoms in total. The Morgan fingerprint density at radius 1 is 1.31 bits per heavy atom. The molecule has 1 aromatic carbocycles. The maximum atomic E-state index is 11.3. The molecule has 1 heterocycles. The molecule has 0 aliphatic rings. The van der Waals surface area contributed by atoms with Crippen molar-refractivity contribution in [3.05, 3.63) is 39.4 Å². The summed E-state index contributed by atoms with van der Waals surface area (Å²) < 4.78 is 5.60. The molecule has 2 aromatic rings. The van der Waals surface area contributed by atoms with Crippen molar-refractivity contribution in [2.45, 2.75) is 0 Å². The Labute approximate surface area is 97.9 Å². The van der Waals surface area contributed by atoms with E-state index in [0.717, 1.165) is 17.4 Å². The zero-order chi connectivity index (χ0) is 11.5. The van der Waals surface area contributed by atoms with E-state index in [1.54, 1.807) is 19.2 Å². The topological polar surface area (TPSA) is 59.4 Å². The molecular weight excluding hydrogens is 273 g/mol. The third-order valence-electron chi connectivity index (χ3n) is 2.00. The average molecular weight is 282 g/mol. The molecule has 0 unspecified atom stereocenters. The summed E-state index contributed by atoms with van der Waals surface area (Å²) in [4.78, 5) is 15.2. The summed E-state index contributed by atoms with van der Waals surface area (Å²) in [6.07, 6.45) is 0. The molecule has 1 N–H and O–H groups in total. The number of benzene rings is 1. The van der Waals surface area contributed by atoms with Gasteiger partial charge in [0.2, 0.25) is 0 Å². The number of hydrogen-bond donors (Lipinski definition) is 1. The van der Waals surface area contributed by atoms with Gasteiger partial charge in [0.1, 0.15) is 0 Å². The number of ether oxygens (including phenoxy) is 1. The maximum absolute atomic E-state index is 11.3. The molecular formula is C11H9NO3Se. The molecule has 0 aliphatic heterocycles. The minimum absolute atomic E-state index is 0.0779. The third-order valence-corrected chi connectivity index (χ3v) is 3.76. The Morgan fingerprint density at radius 2 is 2.00 bits per heavy atom. The van der Waals surface area contributed by atoms with Crippen LogP contribution in [0.5, 0.6) is 11.6 Å². The summed E-state index contributed by atoms with van der Waals surface area (Å²) in [6.45, 7) is 0. The van der Waals surface area contributed by atoms with Crippen molar-refractivity contribution >= 4 is 14.5 Å². The molecule has 0 saturated heterocycles. The predicted molar refractivity (Wildman–Crippen MR) is 61.1 cm³/mol. The third kappa shape index (κ3) is 2.32. The van der Waals surface area contributed by atoms with Crippen molar-refractivity contribution in [2.24, 2.45) is 0 Å². The van der Waals surface area contributed by atoms with Crippen LogP contribution in [0.25, 0.3) is 10.1 Å². The molecule has 0 atom stereocenters. The van der Waals surface area contributed by atoms with Gasteiger partial charge in [0.15, 0.2) is 0 Å². The fourth-order valence-electron chi connectivity index (χ4n) is 1.25. The van der Waals surface area contributed by atoms with Crippen LogP contribution >= 0.6 is 0 Å². The first-order valence-electron chi connectivity index (χ1n) is 4.54. The van der Waals surface area contributed by atoms with Gasteiger partial charge in [0.25, 0.3) is 0 Å². The average Bonchev–Trinajstić information content (AvgIpc) is 2.28. The van der Waals surface area contributed by atoms with Gasteiger partial charge in [-0.25, -0.2) is 0 Å². The molecule has 82 valence electrons. The Bertz CT molecular complexity index is 548. The van der Waals surface area contributed by atoms with Crippen molar-refractivity contribution in [1.29, 1.82) is 0 Å². The Morgan fingerprint density at radius 3 is 2.56 bits per heavy atom. The number of methoxy groups -OCH3 is 1. The van der Waals surface area contributed by atoms with Crippen molar-refractivity contribution in [3.63, 3.8) is 0 Å². The summed E-state index contributed by atoms with van der Waals surface area (Å²) in [5, 5.41) is 9.25. The summed E-state index contributed by atoms with van der Waals surface area (Å²) in [5.41, 5.74) is 0.841. The molecule has 0 amide bonds. The van der Waals surface area contributed by atoms with Gasteiger partial charge >= 0.3 is 97.6 Å². The van der Waals surface area contributed by atoms with Gasteiger partial charge in [0.05, 0.1) is 0 Å². The monoisotopic (exact) mass is 283 g/mol. The summed E-state index contributed by atoms with van der Waals surface area (Å²) in [7, 11) is 1.59. The molecule has 1 aromatic heterocycles. The SMILES string of the molecule is COc1ccc(-c2nc(O)cc(=O)[se]2)cc1. The fraction of sp³-hybridized carbons (Fsp3) is 0.0909. The second-order valence-electron chi connectivity index (χ2n) is 3.07. The van der Waals surface area contributed by atoms with Crippen LogP contribution in [0.3, 0.4) is 0 Å². The van der Waals surface area contributed by atoms with E-state index in [2.05, 4.69) is 4.98 Å². The zero-order valence-corrected chi connectivity index (χ0v) is 10.2. The summed E-state index contributed by atoms with van der Waals surface area (Å²) >= 11 is -0.360. The van der Waals surface area contributed by atoms with E-state index in [4.69, 9.17) is 4.74 Å². The van der Waals surface area contributed by atoms with Crippen LogP contribution in [0.4, 0.5) is 0 Å². The Hall–Kier alpha value is -1.58. The fourth-order valence-corrected chi connectivity index (χ4v) is 2.82. The number of aromatic nitrogens is 1. The van der Waals surface area contributed by atoms with Crippen LogP contribution in [0, 0.1) is 0 Å². The molecule has 0 fully saturated rings. The van der Waals surface area contributed by atoms with Crippen molar-refractivity contribution in [2.75, 3.05) is 7.11 Å². The molecule has 16 heavy (non-hydrogen) atoms. The molecule has 0 saturated carbocycles. The Balaban J connectivity index is 2.46. The first-order valence-corrected chi connectivity index (χ1v) is 6.26. The van der Waals surface area contributed by atoms with Crippen LogP contribution in [0.1, 0.15) is 0 Å². The van der Waals surface area contributed by atoms with E-state index >= 15 is 0 Å². The van der Waals surface area contributed by atoms with E-state index in [0.29, 0.717) is 4.57 Å². The second kappa shape index (κ2) is 4.51. The first-order chi connectivity index (χ1) is 7.69. The van der Waals surface area contributed by atoms with Crippen molar-refractivity contribution in [3.8, 4) is 21.8 Å². The van der Waals surface area contributed by atoms with Crippen LogP contribution in [-0.2, 0) is 0 Å². The number of nitrogens with zero attached hydrogens (tertiary/aromatic N) is 1. The van der Waals surface area contributed by atoms with E-state index < -0.39 is 0 Å². The van der Waals surface area contributed by atoms with Crippen LogP contribution in [0.2, 0.25) is 0 Å². The van der Waals surface area contributed by atoms with Crippen LogP contribution in [-0.4, -0.2) is 31.7 Å². The number of rotatable bonds is 2. The van der Waals surface area contributed by atoms with E-state index in [-0.39, 0.29) is 24.7 Å². The quantitative estimate of drug-likeness (QED) is 0.831. The zero-order valence-electron chi connectivity index (χ0n) is 8.51. The number of aromatic hydroxyl groups is 1. The minimum atomic E-state index is -0.360.